The van der Waals surface area contributed by atoms with Gasteiger partial charge in [-0.1, -0.05) is 11.6 Å². The zero-order valence-electron chi connectivity index (χ0n) is 8.57. The number of aromatic nitrogens is 1. The molecule has 0 saturated carbocycles. The maximum absolute atomic E-state index is 13.1. The fourth-order valence-corrected chi connectivity index (χ4v) is 1.89. The maximum Gasteiger partial charge on any atom is 0.123 e. The summed E-state index contributed by atoms with van der Waals surface area (Å²) < 4.78 is 13.9. The summed E-state index contributed by atoms with van der Waals surface area (Å²) in [6, 6.07) is 7.26. The van der Waals surface area contributed by atoms with Crippen LogP contribution in [-0.2, 0) is 0 Å². The van der Waals surface area contributed by atoms with E-state index < -0.39 is 11.9 Å². The maximum atomic E-state index is 13.1. The van der Waals surface area contributed by atoms with Crippen molar-refractivity contribution < 1.29 is 9.50 Å². The van der Waals surface area contributed by atoms with Crippen molar-refractivity contribution in [3.63, 3.8) is 0 Å². The lowest BCUT2D eigenvalue weighted by Gasteiger charge is -2.12. The molecule has 1 heterocycles. The van der Waals surface area contributed by atoms with E-state index in [1.807, 2.05) is 0 Å². The van der Waals surface area contributed by atoms with Gasteiger partial charge in [0.05, 0.1) is 5.69 Å². The highest BCUT2D eigenvalue weighted by atomic mass is 79.9. The lowest BCUT2D eigenvalue weighted by Crippen LogP contribution is -2.03. The number of hydrogen-bond donors (Lipinski definition) is 1. The minimum absolute atomic E-state index is 0.307. The lowest BCUT2D eigenvalue weighted by atomic mass is 10.1. The molecule has 0 aliphatic heterocycles. The molecule has 5 heteroatoms. The molecule has 0 saturated heterocycles. The first-order chi connectivity index (χ1) is 8.08. The molecule has 0 bridgehead atoms. The number of hydrogen-bond acceptors (Lipinski definition) is 2. The fraction of sp³-hybridized carbons (Fsp3) is 0.0833. The van der Waals surface area contributed by atoms with Crippen LogP contribution in [0.15, 0.2) is 41.0 Å². The van der Waals surface area contributed by atoms with Crippen molar-refractivity contribution in [2.45, 2.75) is 6.10 Å². The second-order valence-corrected chi connectivity index (χ2v) is 4.79. The molecule has 0 radical (unpaired) electrons. The van der Waals surface area contributed by atoms with Gasteiger partial charge in [0.15, 0.2) is 0 Å². The largest absolute Gasteiger partial charge is 0.382 e. The smallest absolute Gasteiger partial charge is 0.123 e. The van der Waals surface area contributed by atoms with Crippen LogP contribution >= 0.6 is 27.5 Å². The van der Waals surface area contributed by atoms with Crippen LogP contribution in [0.2, 0.25) is 5.02 Å². The van der Waals surface area contributed by atoms with Gasteiger partial charge in [0, 0.05) is 21.3 Å². The molecule has 1 atom stereocenters. The summed E-state index contributed by atoms with van der Waals surface area (Å²) in [5.74, 6) is -0.444. The summed E-state index contributed by atoms with van der Waals surface area (Å²) >= 11 is 9.16. The Kier molecular flexibility index (Phi) is 3.76. The first kappa shape index (κ1) is 12.5. The van der Waals surface area contributed by atoms with Crippen molar-refractivity contribution in [1.29, 1.82) is 0 Å². The number of pyridine rings is 1. The predicted molar refractivity (Wildman–Crippen MR) is 67.4 cm³/mol. The van der Waals surface area contributed by atoms with Gasteiger partial charge in [-0.2, -0.15) is 0 Å². The SMILES string of the molecule is OC(c1ccc(Br)cn1)c1cc(F)ccc1Cl. The average Bonchev–Trinajstić information content (AvgIpc) is 2.32. The van der Waals surface area contributed by atoms with Gasteiger partial charge in [-0.25, -0.2) is 4.39 Å². The molecule has 88 valence electrons. The second kappa shape index (κ2) is 5.12. The molecule has 2 nitrogen and oxygen atoms in total. The van der Waals surface area contributed by atoms with Crippen molar-refractivity contribution in [2.24, 2.45) is 0 Å². The zero-order valence-corrected chi connectivity index (χ0v) is 10.9. The van der Waals surface area contributed by atoms with Crippen LogP contribution in [0.3, 0.4) is 0 Å². The Bertz CT molecular complexity index is 533. The summed E-state index contributed by atoms with van der Waals surface area (Å²) in [5.41, 5.74) is 0.724. The Hall–Kier alpha value is -0.970. The average molecular weight is 317 g/mol. The van der Waals surface area contributed by atoms with Crippen LogP contribution in [0, 0.1) is 5.82 Å². The summed E-state index contributed by atoms with van der Waals surface area (Å²) in [4.78, 5) is 4.05. The summed E-state index contributed by atoms with van der Waals surface area (Å²) in [5, 5.41) is 10.4. The van der Waals surface area contributed by atoms with Gasteiger partial charge < -0.3 is 5.11 Å². The topological polar surface area (TPSA) is 33.1 Å². The first-order valence-corrected chi connectivity index (χ1v) is 5.99. The molecule has 1 aromatic carbocycles. The molecule has 0 amide bonds. The van der Waals surface area contributed by atoms with Crippen molar-refractivity contribution >= 4 is 27.5 Å². The first-order valence-electron chi connectivity index (χ1n) is 4.82. The third kappa shape index (κ3) is 2.83. The normalized spacial score (nSPS) is 12.5. The second-order valence-electron chi connectivity index (χ2n) is 3.47. The van der Waals surface area contributed by atoms with Crippen molar-refractivity contribution in [3.8, 4) is 0 Å². The molecule has 1 N–H and O–H groups in total. The van der Waals surface area contributed by atoms with E-state index >= 15 is 0 Å². The third-order valence-electron chi connectivity index (χ3n) is 2.28. The van der Waals surface area contributed by atoms with Gasteiger partial charge in [0.2, 0.25) is 0 Å². The molecule has 17 heavy (non-hydrogen) atoms. The standard InChI is InChI=1S/C12H8BrClFNO/c13-7-1-4-11(16-6-7)12(17)9-5-8(15)2-3-10(9)14/h1-6,12,17H. The molecule has 2 rings (SSSR count). The van der Waals surface area contributed by atoms with E-state index in [4.69, 9.17) is 11.6 Å². The van der Waals surface area contributed by atoms with Gasteiger partial charge in [-0.05, 0) is 46.3 Å². The van der Waals surface area contributed by atoms with Crippen molar-refractivity contribution in [2.75, 3.05) is 0 Å². The molecule has 0 spiro atoms. The van der Waals surface area contributed by atoms with E-state index in [2.05, 4.69) is 20.9 Å². The molecule has 1 unspecified atom stereocenters. The minimum Gasteiger partial charge on any atom is -0.382 e. The van der Waals surface area contributed by atoms with Gasteiger partial charge in [-0.3, -0.25) is 4.98 Å². The van der Waals surface area contributed by atoms with Gasteiger partial charge in [0.25, 0.3) is 0 Å². The summed E-state index contributed by atoms with van der Waals surface area (Å²) in [7, 11) is 0. The van der Waals surface area contributed by atoms with Crippen molar-refractivity contribution in [1.82, 2.24) is 4.98 Å². The van der Waals surface area contributed by atoms with E-state index in [-0.39, 0.29) is 0 Å². The van der Waals surface area contributed by atoms with E-state index in [1.54, 1.807) is 18.3 Å². The lowest BCUT2D eigenvalue weighted by molar-refractivity contribution is 0.215. The van der Waals surface area contributed by atoms with Crippen LogP contribution in [-0.4, -0.2) is 10.1 Å². The molecule has 1 aromatic heterocycles. The zero-order chi connectivity index (χ0) is 12.4. The van der Waals surface area contributed by atoms with Gasteiger partial charge >= 0.3 is 0 Å². The summed E-state index contributed by atoms with van der Waals surface area (Å²) in [6.45, 7) is 0. The van der Waals surface area contributed by atoms with Crippen LogP contribution in [0.4, 0.5) is 4.39 Å². The van der Waals surface area contributed by atoms with E-state index in [9.17, 15) is 9.50 Å². The van der Waals surface area contributed by atoms with Gasteiger partial charge in [0.1, 0.15) is 11.9 Å². The summed E-state index contributed by atoms with van der Waals surface area (Å²) in [6.07, 6.45) is 0.525. The number of aliphatic hydroxyl groups excluding tert-OH is 1. The van der Waals surface area contributed by atoms with Crippen LogP contribution in [0.25, 0.3) is 0 Å². The Morgan fingerprint density at radius 2 is 2.06 bits per heavy atom. The number of halogens is 3. The molecule has 0 aliphatic carbocycles. The Morgan fingerprint density at radius 3 is 2.71 bits per heavy atom. The minimum atomic E-state index is -1.04. The number of nitrogens with zero attached hydrogens (tertiary/aromatic N) is 1. The third-order valence-corrected chi connectivity index (χ3v) is 3.10. The molecule has 2 aromatic rings. The molecule has 0 fully saturated rings. The van der Waals surface area contributed by atoms with Crippen LogP contribution in [0.1, 0.15) is 17.4 Å². The number of rotatable bonds is 2. The van der Waals surface area contributed by atoms with Crippen molar-refractivity contribution in [3.05, 3.63) is 63.1 Å². The van der Waals surface area contributed by atoms with Gasteiger partial charge in [-0.15, -0.1) is 0 Å². The Morgan fingerprint density at radius 1 is 1.29 bits per heavy atom. The van der Waals surface area contributed by atoms with E-state index in [1.165, 1.54) is 18.2 Å². The Balaban J connectivity index is 2.39. The number of benzene rings is 1. The molecular formula is C12H8BrClFNO. The quantitative estimate of drug-likeness (QED) is 0.916. The highest BCUT2D eigenvalue weighted by Crippen LogP contribution is 2.28. The van der Waals surface area contributed by atoms with E-state index in [0.29, 0.717) is 16.3 Å². The number of aliphatic hydroxyl groups is 1. The molecule has 0 aliphatic rings. The highest BCUT2D eigenvalue weighted by Gasteiger charge is 2.15. The fourth-order valence-electron chi connectivity index (χ4n) is 1.43. The van der Waals surface area contributed by atoms with Crippen LogP contribution < -0.4 is 0 Å². The predicted octanol–water partition coefficient (Wildman–Crippen LogP) is 3.72. The monoisotopic (exact) mass is 315 g/mol. The Labute approximate surface area is 111 Å². The van der Waals surface area contributed by atoms with Crippen LogP contribution in [0.5, 0.6) is 0 Å². The molecular weight excluding hydrogens is 308 g/mol. The van der Waals surface area contributed by atoms with E-state index in [0.717, 1.165) is 4.47 Å². The highest BCUT2D eigenvalue weighted by molar-refractivity contribution is 9.10.